The van der Waals surface area contributed by atoms with E-state index < -0.39 is 0 Å². The number of hydrogen-bond donors (Lipinski definition) is 3. The molecule has 1 aliphatic rings. The van der Waals surface area contributed by atoms with Crippen LogP contribution in [0.5, 0.6) is 5.75 Å². The zero-order valence-corrected chi connectivity index (χ0v) is 14.9. The van der Waals surface area contributed by atoms with Crippen molar-refractivity contribution in [3.8, 4) is 5.75 Å². The van der Waals surface area contributed by atoms with Gasteiger partial charge < -0.3 is 10.1 Å². The van der Waals surface area contributed by atoms with E-state index in [4.69, 9.17) is 4.74 Å². The Morgan fingerprint density at radius 3 is 2.72 bits per heavy atom. The summed E-state index contributed by atoms with van der Waals surface area (Å²) < 4.78 is 5.32. The van der Waals surface area contributed by atoms with Crippen molar-refractivity contribution in [1.29, 1.82) is 0 Å². The SMILES string of the molecule is COc1ccccc1CNC(=O)C1CC(c2ccc(C)c(C)c2)NN1. The van der Waals surface area contributed by atoms with Crippen molar-refractivity contribution in [3.05, 3.63) is 64.7 Å². The van der Waals surface area contributed by atoms with Gasteiger partial charge in [-0.25, -0.2) is 10.9 Å². The first kappa shape index (κ1) is 17.5. The van der Waals surface area contributed by atoms with Crippen LogP contribution in [0.4, 0.5) is 0 Å². The molecule has 1 aliphatic heterocycles. The lowest BCUT2D eigenvalue weighted by molar-refractivity contribution is -0.123. The lowest BCUT2D eigenvalue weighted by Crippen LogP contribution is -2.42. The molecule has 0 aliphatic carbocycles. The van der Waals surface area contributed by atoms with E-state index in [1.54, 1.807) is 7.11 Å². The highest BCUT2D eigenvalue weighted by molar-refractivity contribution is 5.82. The van der Waals surface area contributed by atoms with E-state index in [9.17, 15) is 4.79 Å². The van der Waals surface area contributed by atoms with E-state index in [0.29, 0.717) is 6.54 Å². The summed E-state index contributed by atoms with van der Waals surface area (Å²) in [5.41, 5.74) is 11.1. The van der Waals surface area contributed by atoms with Crippen molar-refractivity contribution >= 4 is 5.91 Å². The topological polar surface area (TPSA) is 62.4 Å². The summed E-state index contributed by atoms with van der Waals surface area (Å²) in [4.78, 5) is 12.5. The summed E-state index contributed by atoms with van der Waals surface area (Å²) in [5.74, 6) is 0.776. The summed E-state index contributed by atoms with van der Waals surface area (Å²) in [7, 11) is 1.64. The molecule has 0 aromatic heterocycles. The van der Waals surface area contributed by atoms with Gasteiger partial charge in [-0.3, -0.25) is 4.79 Å². The van der Waals surface area contributed by atoms with Gasteiger partial charge in [0.1, 0.15) is 11.8 Å². The zero-order valence-electron chi connectivity index (χ0n) is 14.9. The van der Waals surface area contributed by atoms with E-state index in [0.717, 1.165) is 17.7 Å². The molecular formula is C20H25N3O2. The second-order valence-corrected chi connectivity index (χ2v) is 6.50. The molecule has 5 nitrogen and oxygen atoms in total. The molecule has 0 radical (unpaired) electrons. The molecular weight excluding hydrogens is 314 g/mol. The fraction of sp³-hybridized carbons (Fsp3) is 0.350. The average Bonchev–Trinajstić information content (AvgIpc) is 3.12. The molecule has 0 spiro atoms. The van der Waals surface area contributed by atoms with Crippen LogP contribution in [0.15, 0.2) is 42.5 Å². The van der Waals surface area contributed by atoms with Gasteiger partial charge >= 0.3 is 0 Å². The molecule has 2 aromatic rings. The van der Waals surface area contributed by atoms with E-state index in [-0.39, 0.29) is 18.0 Å². The van der Waals surface area contributed by atoms with Gasteiger partial charge in [0.05, 0.1) is 7.11 Å². The fourth-order valence-electron chi connectivity index (χ4n) is 3.08. The first-order chi connectivity index (χ1) is 12.1. The Hall–Kier alpha value is -2.37. The number of carbonyl (C=O) groups excluding carboxylic acids is 1. The molecule has 25 heavy (non-hydrogen) atoms. The van der Waals surface area contributed by atoms with Crippen molar-refractivity contribution in [3.63, 3.8) is 0 Å². The molecule has 1 heterocycles. The minimum Gasteiger partial charge on any atom is -0.496 e. The Morgan fingerprint density at radius 2 is 1.96 bits per heavy atom. The molecule has 1 saturated heterocycles. The Balaban J connectivity index is 1.58. The number of amides is 1. The molecule has 0 bridgehead atoms. The van der Waals surface area contributed by atoms with Gasteiger partial charge in [-0.1, -0.05) is 36.4 Å². The Bertz CT molecular complexity index is 760. The number of carbonyl (C=O) groups is 1. The lowest BCUT2D eigenvalue weighted by atomic mass is 9.98. The summed E-state index contributed by atoms with van der Waals surface area (Å²) in [6.45, 7) is 4.67. The van der Waals surface area contributed by atoms with Crippen LogP contribution in [0.3, 0.4) is 0 Å². The quantitative estimate of drug-likeness (QED) is 0.783. The Morgan fingerprint density at radius 1 is 1.16 bits per heavy atom. The van der Waals surface area contributed by atoms with E-state index in [2.05, 4.69) is 48.2 Å². The molecule has 3 rings (SSSR count). The maximum absolute atomic E-state index is 12.5. The second-order valence-electron chi connectivity index (χ2n) is 6.50. The van der Waals surface area contributed by atoms with Crippen LogP contribution in [0.25, 0.3) is 0 Å². The van der Waals surface area contributed by atoms with Crippen molar-refractivity contribution < 1.29 is 9.53 Å². The monoisotopic (exact) mass is 339 g/mol. The number of hydrazine groups is 1. The smallest absolute Gasteiger partial charge is 0.238 e. The number of hydrogen-bond acceptors (Lipinski definition) is 4. The first-order valence-electron chi connectivity index (χ1n) is 8.56. The van der Waals surface area contributed by atoms with Crippen molar-refractivity contribution in [2.45, 2.75) is 38.9 Å². The van der Waals surface area contributed by atoms with Crippen LogP contribution in [0.2, 0.25) is 0 Å². The van der Waals surface area contributed by atoms with Gasteiger partial charge in [-0.2, -0.15) is 0 Å². The molecule has 1 fully saturated rings. The summed E-state index contributed by atoms with van der Waals surface area (Å²) >= 11 is 0. The molecule has 2 unspecified atom stereocenters. The van der Waals surface area contributed by atoms with Gasteiger partial charge in [0.25, 0.3) is 0 Å². The maximum Gasteiger partial charge on any atom is 0.238 e. The molecule has 1 amide bonds. The third-order valence-electron chi connectivity index (χ3n) is 4.80. The van der Waals surface area contributed by atoms with Crippen LogP contribution >= 0.6 is 0 Å². The standard InChI is InChI=1S/C20H25N3O2/c1-13-8-9-15(10-14(13)2)17-11-18(23-22-17)20(24)21-12-16-6-4-5-7-19(16)25-3/h4-10,17-18,22-23H,11-12H2,1-3H3,(H,21,24). The average molecular weight is 339 g/mol. The van der Waals surface area contributed by atoms with Crippen molar-refractivity contribution in [2.75, 3.05) is 7.11 Å². The first-order valence-corrected chi connectivity index (χ1v) is 8.56. The number of ether oxygens (including phenoxy) is 1. The summed E-state index contributed by atoms with van der Waals surface area (Å²) in [6, 6.07) is 14.0. The normalized spacial score (nSPS) is 19.6. The Labute approximate surface area is 148 Å². The Kier molecular flexibility index (Phi) is 5.36. The van der Waals surface area contributed by atoms with Crippen LogP contribution < -0.4 is 20.9 Å². The van der Waals surface area contributed by atoms with E-state index >= 15 is 0 Å². The van der Waals surface area contributed by atoms with Gasteiger partial charge in [-0.05, 0) is 43.0 Å². The largest absolute Gasteiger partial charge is 0.496 e. The van der Waals surface area contributed by atoms with Crippen LogP contribution in [0, 0.1) is 13.8 Å². The maximum atomic E-state index is 12.5. The molecule has 2 atom stereocenters. The number of aryl methyl sites for hydroxylation is 2. The van der Waals surface area contributed by atoms with Gasteiger partial charge in [0, 0.05) is 18.2 Å². The molecule has 5 heteroatoms. The predicted octanol–water partition coefficient (Wildman–Crippen LogP) is 2.54. The highest BCUT2D eigenvalue weighted by Gasteiger charge is 2.30. The second kappa shape index (κ2) is 7.68. The van der Waals surface area contributed by atoms with Crippen LogP contribution in [-0.4, -0.2) is 19.1 Å². The summed E-state index contributed by atoms with van der Waals surface area (Å²) in [5, 5.41) is 2.99. The molecule has 132 valence electrons. The molecule has 0 saturated carbocycles. The van der Waals surface area contributed by atoms with E-state index in [1.165, 1.54) is 16.7 Å². The summed E-state index contributed by atoms with van der Waals surface area (Å²) in [6.07, 6.45) is 0.722. The number of para-hydroxylation sites is 1. The number of rotatable bonds is 5. The van der Waals surface area contributed by atoms with Crippen molar-refractivity contribution in [1.82, 2.24) is 16.2 Å². The van der Waals surface area contributed by atoms with Gasteiger partial charge in [0.2, 0.25) is 5.91 Å². The van der Waals surface area contributed by atoms with Gasteiger partial charge in [-0.15, -0.1) is 0 Å². The van der Waals surface area contributed by atoms with Gasteiger partial charge in [0.15, 0.2) is 0 Å². The number of nitrogens with one attached hydrogen (secondary N) is 3. The van der Waals surface area contributed by atoms with Crippen molar-refractivity contribution in [2.24, 2.45) is 0 Å². The third kappa shape index (κ3) is 4.00. The zero-order chi connectivity index (χ0) is 17.8. The third-order valence-corrected chi connectivity index (χ3v) is 4.80. The number of methoxy groups -OCH3 is 1. The fourth-order valence-corrected chi connectivity index (χ4v) is 3.08. The highest BCUT2D eigenvalue weighted by atomic mass is 16.5. The van der Waals surface area contributed by atoms with Crippen LogP contribution in [-0.2, 0) is 11.3 Å². The van der Waals surface area contributed by atoms with E-state index in [1.807, 2.05) is 24.3 Å². The minimum absolute atomic E-state index is 0.00950. The molecule has 3 N–H and O–H groups in total. The molecule has 2 aromatic carbocycles. The predicted molar refractivity (Wildman–Crippen MR) is 98.2 cm³/mol. The highest BCUT2D eigenvalue weighted by Crippen LogP contribution is 2.24. The van der Waals surface area contributed by atoms with Crippen LogP contribution in [0.1, 0.15) is 34.7 Å². The number of benzene rings is 2. The minimum atomic E-state index is -0.249. The lowest BCUT2D eigenvalue weighted by Gasteiger charge is -2.13.